The summed E-state index contributed by atoms with van der Waals surface area (Å²) in [5.41, 5.74) is -0.206. The molecule has 1 atom stereocenters. The van der Waals surface area contributed by atoms with E-state index < -0.39 is 25.6 Å². The first-order chi connectivity index (χ1) is 15.2. The summed E-state index contributed by atoms with van der Waals surface area (Å²) < 4.78 is 12.6. The molecule has 180 valence electrons. The Morgan fingerprint density at radius 2 is 1.30 bits per heavy atom. The number of ether oxygens (including phenoxy) is 1. The van der Waals surface area contributed by atoms with Crippen molar-refractivity contribution in [3.63, 3.8) is 0 Å². The van der Waals surface area contributed by atoms with Crippen LogP contribution in [-0.4, -0.2) is 32.2 Å². The largest absolute Gasteiger partial charge is 0.444 e. The molecule has 5 heteroatoms. The summed E-state index contributed by atoms with van der Waals surface area (Å²) in [6.07, 6.45) is 1.60. The van der Waals surface area contributed by atoms with Gasteiger partial charge in [0.2, 0.25) is 0 Å². The number of rotatable bonds is 7. The number of carbonyl (C=O) groups excluding carboxylic acids is 1. The van der Waals surface area contributed by atoms with E-state index in [1.54, 1.807) is 0 Å². The van der Waals surface area contributed by atoms with Crippen LogP contribution in [-0.2, 0) is 9.16 Å². The number of alkyl carbamates (subject to hydrolysis) is 1. The summed E-state index contributed by atoms with van der Waals surface area (Å²) in [5.74, 6) is 0. The molecule has 0 aliphatic carbocycles. The summed E-state index contributed by atoms with van der Waals surface area (Å²) in [6, 6.07) is 21.0. The van der Waals surface area contributed by atoms with E-state index in [2.05, 4.69) is 80.7 Å². The molecular weight excluding hydrogens is 426 g/mol. The van der Waals surface area contributed by atoms with Gasteiger partial charge in [0.15, 0.2) is 0 Å². The van der Waals surface area contributed by atoms with E-state index in [-0.39, 0.29) is 5.04 Å². The fraction of sp³-hybridized carbons (Fsp3) is 0.464. The minimum Gasteiger partial charge on any atom is -0.444 e. The van der Waals surface area contributed by atoms with Gasteiger partial charge in [-0.1, -0.05) is 93.1 Å². The van der Waals surface area contributed by atoms with Gasteiger partial charge >= 0.3 is 6.09 Å². The Kier molecular flexibility index (Phi) is 8.36. The Morgan fingerprint density at radius 1 is 0.848 bits per heavy atom. The van der Waals surface area contributed by atoms with Gasteiger partial charge in [0, 0.05) is 0 Å². The summed E-state index contributed by atoms with van der Waals surface area (Å²) >= 11 is 0. The second-order valence-electron chi connectivity index (χ2n) is 11.2. The number of allylic oxidation sites excluding steroid dienone is 1. The monoisotopic (exact) mass is 467 g/mol. The van der Waals surface area contributed by atoms with E-state index in [0.29, 0.717) is 6.61 Å². The Labute approximate surface area is 201 Å². The van der Waals surface area contributed by atoms with Crippen LogP contribution < -0.4 is 15.7 Å². The highest BCUT2D eigenvalue weighted by atomic mass is 28.4. The van der Waals surface area contributed by atoms with Crippen LogP contribution in [0.25, 0.3) is 0 Å². The minimum atomic E-state index is -2.73. The van der Waals surface area contributed by atoms with Gasteiger partial charge in [-0.05, 0) is 57.0 Å². The van der Waals surface area contributed by atoms with Crippen LogP contribution >= 0.6 is 0 Å². The van der Waals surface area contributed by atoms with Crippen molar-refractivity contribution in [1.29, 1.82) is 0 Å². The molecule has 0 spiro atoms. The average Bonchev–Trinajstić information content (AvgIpc) is 2.66. The number of nitrogens with one attached hydrogen (secondary N) is 1. The van der Waals surface area contributed by atoms with Gasteiger partial charge in [0.25, 0.3) is 8.32 Å². The predicted octanol–water partition coefficient (Wildman–Crippen LogP) is 5.81. The van der Waals surface area contributed by atoms with Crippen molar-refractivity contribution in [1.82, 2.24) is 5.32 Å². The van der Waals surface area contributed by atoms with Gasteiger partial charge in [-0.15, -0.1) is 0 Å². The van der Waals surface area contributed by atoms with Gasteiger partial charge in [-0.3, -0.25) is 0 Å². The number of benzene rings is 2. The van der Waals surface area contributed by atoms with Crippen molar-refractivity contribution >= 4 is 24.8 Å². The topological polar surface area (TPSA) is 47.6 Å². The zero-order valence-corrected chi connectivity index (χ0v) is 22.8. The van der Waals surface area contributed by atoms with Gasteiger partial charge in [-0.25, -0.2) is 4.79 Å². The van der Waals surface area contributed by atoms with E-state index >= 15 is 0 Å². The van der Waals surface area contributed by atoms with Crippen LogP contribution in [0.2, 0.25) is 5.04 Å². The lowest BCUT2D eigenvalue weighted by atomic mass is 10.0. The first-order valence-corrected chi connectivity index (χ1v) is 13.5. The van der Waals surface area contributed by atoms with Crippen LogP contribution in [0.1, 0.15) is 62.3 Å². The Morgan fingerprint density at radius 3 is 1.67 bits per heavy atom. The first kappa shape index (κ1) is 26.9. The molecule has 0 fully saturated rings. The second-order valence-corrected chi connectivity index (χ2v) is 15.5. The Hall–Kier alpha value is -2.37. The lowest BCUT2D eigenvalue weighted by Crippen LogP contribution is -2.68. The van der Waals surface area contributed by atoms with Crippen molar-refractivity contribution < 1.29 is 14.0 Å². The van der Waals surface area contributed by atoms with Crippen molar-refractivity contribution in [3.05, 3.63) is 72.3 Å². The van der Waals surface area contributed by atoms with E-state index in [4.69, 9.17) is 9.16 Å². The molecule has 1 amide bonds. The van der Waals surface area contributed by atoms with Gasteiger partial charge in [-0.2, -0.15) is 0 Å². The number of hydrogen-bond donors (Lipinski definition) is 1. The Bertz CT molecular complexity index is 899. The molecule has 2 aromatic carbocycles. The quantitative estimate of drug-likeness (QED) is 0.413. The maximum absolute atomic E-state index is 12.7. The summed E-state index contributed by atoms with van der Waals surface area (Å²) in [4.78, 5) is 12.7. The molecule has 0 aliphatic rings. The molecule has 33 heavy (non-hydrogen) atoms. The lowest BCUT2D eigenvalue weighted by Gasteiger charge is -2.45. The third-order valence-electron chi connectivity index (χ3n) is 5.40. The van der Waals surface area contributed by atoms with Crippen LogP contribution in [0, 0.1) is 0 Å². The average molecular weight is 468 g/mol. The number of amides is 1. The number of hydrogen-bond acceptors (Lipinski definition) is 3. The molecule has 0 heterocycles. The maximum Gasteiger partial charge on any atom is 0.408 e. The molecular formula is C28H41NO3Si. The molecule has 4 nitrogen and oxygen atoms in total. The van der Waals surface area contributed by atoms with Crippen LogP contribution in [0.3, 0.4) is 0 Å². The molecule has 0 radical (unpaired) electrons. The van der Waals surface area contributed by atoms with Crippen molar-refractivity contribution in [2.75, 3.05) is 6.61 Å². The molecule has 0 aromatic heterocycles. The van der Waals surface area contributed by atoms with Gasteiger partial charge < -0.3 is 14.5 Å². The molecule has 0 saturated carbocycles. The fourth-order valence-electron chi connectivity index (χ4n) is 4.31. The zero-order valence-electron chi connectivity index (χ0n) is 21.8. The van der Waals surface area contributed by atoms with Crippen LogP contribution in [0.4, 0.5) is 4.79 Å². The first-order valence-electron chi connectivity index (χ1n) is 11.6. The zero-order chi connectivity index (χ0) is 24.9. The summed E-state index contributed by atoms with van der Waals surface area (Å²) in [7, 11) is -2.73. The van der Waals surface area contributed by atoms with Crippen molar-refractivity contribution in [2.24, 2.45) is 0 Å². The standard InChI is InChI=1S/C28H41NO3Si/c1-22(2)20-28(9,29-25(30)32-26(3,4)5)21-31-33(27(6,7)8,23-16-12-10-13-17-23)24-18-14-11-15-19-24/h10-20H,21H2,1-9H3,(H,29,30). The van der Waals surface area contributed by atoms with Crippen LogP contribution in [0.15, 0.2) is 72.3 Å². The molecule has 2 rings (SSSR count). The maximum atomic E-state index is 12.7. The predicted molar refractivity (Wildman–Crippen MR) is 141 cm³/mol. The van der Waals surface area contributed by atoms with E-state index in [1.165, 1.54) is 10.4 Å². The highest BCUT2D eigenvalue weighted by molar-refractivity contribution is 6.99. The normalized spacial score (nSPS) is 14.2. The third kappa shape index (κ3) is 7.05. The molecule has 1 N–H and O–H groups in total. The summed E-state index contributed by atoms with van der Waals surface area (Å²) in [5, 5.41) is 5.34. The third-order valence-corrected chi connectivity index (χ3v) is 10.4. The van der Waals surface area contributed by atoms with E-state index in [0.717, 1.165) is 5.57 Å². The molecule has 0 saturated heterocycles. The molecule has 2 aromatic rings. The smallest absolute Gasteiger partial charge is 0.408 e. The SMILES string of the molecule is CC(C)=CC(C)(CO[Si](c1ccccc1)(c1ccccc1)C(C)(C)C)NC(=O)OC(C)(C)C. The highest BCUT2D eigenvalue weighted by Crippen LogP contribution is 2.37. The van der Waals surface area contributed by atoms with E-state index in [1.807, 2.05) is 53.7 Å². The second kappa shape index (κ2) is 10.3. The highest BCUT2D eigenvalue weighted by Gasteiger charge is 2.51. The van der Waals surface area contributed by atoms with Crippen molar-refractivity contribution in [2.45, 2.75) is 78.5 Å². The summed E-state index contributed by atoms with van der Waals surface area (Å²) in [6.45, 7) is 18.7. The molecule has 0 aliphatic heterocycles. The Balaban J connectivity index is 2.54. The minimum absolute atomic E-state index is 0.145. The van der Waals surface area contributed by atoms with Gasteiger partial charge in [0.05, 0.1) is 12.1 Å². The van der Waals surface area contributed by atoms with E-state index in [9.17, 15) is 4.79 Å². The molecule has 1 unspecified atom stereocenters. The van der Waals surface area contributed by atoms with Gasteiger partial charge in [0.1, 0.15) is 5.60 Å². The lowest BCUT2D eigenvalue weighted by molar-refractivity contribution is 0.0456. The number of carbonyl (C=O) groups is 1. The van der Waals surface area contributed by atoms with Crippen LogP contribution in [0.5, 0.6) is 0 Å². The van der Waals surface area contributed by atoms with Crippen molar-refractivity contribution in [3.8, 4) is 0 Å². The fourth-order valence-corrected chi connectivity index (χ4v) is 8.98. The molecule has 0 bridgehead atoms.